The maximum atomic E-state index is 12.1. The highest BCUT2D eigenvalue weighted by Crippen LogP contribution is 2.23. The fourth-order valence-electron chi connectivity index (χ4n) is 2.51. The third kappa shape index (κ3) is 3.03. The van der Waals surface area contributed by atoms with E-state index in [1.54, 1.807) is 18.0 Å². The number of carbonyl (C=O) groups excluding carboxylic acids is 1. The molecule has 1 aliphatic heterocycles. The summed E-state index contributed by atoms with van der Waals surface area (Å²) in [5.74, 6) is 2.53. The fourth-order valence-corrected chi connectivity index (χ4v) is 3.46. The zero-order valence-electron chi connectivity index (χ0n) is 10.9. The highest BCUT2D eigenvalue weighted by Gasteiger charge is 2.21. The summed E-state index contributed by atoms with van der Waals surface area (Å²) in [6, 6.07) is 3.64. The first-order valence-electron chi connectivity index (χ1n) is 6.83. The molecule has 2 aliphatic rings. The zero-order valence-corrected chi connectivity index (χ0v) is 11.7. The Morgan fingerprint density at radius 2 is 2.21 bits per heavy atom. The highest BCUT2D eigenvalue weighted by atomic mass is 32.2. The lowest BCUT2D eigenvalue weighted by atomic mass is 10.2. The van der Waals surface area contributed by atoms with Gasteiger partial charge in [-0.2, -0.15) is 0 Å². The number of hydrogen-bond donors (Lipinski definition) is 0. The molecule has 1 amide bonds. The quantitative estimate of drug-likeness (QED) is 0.852. The summed E-state index contributed by atoms with van der Waals surface area (Å²) in [6.45, 7) is 0.837. The molecular formula is C14H18N2O2S. The number of ether oxygens (including phenoxy) is 1. The van der Waals surface area contributed by atoms with Crippen LogP contribution in [0.1, 0.15) is 36.0 Å². The molecular weight excluding hydrogens is 260 g/mol. The molecule has 1 saturated heterocycles. The van der Waals surface area contributed by atoms with E-state index in [0.29, 0.717) is 17.5 Å². The maximum Gasteiger partial charge on any atom is 0.256 e. The van der Waals surface area contributed by atoms with Crippen LogP contribution in [0.4, 0.5) is 0 Å². The Labute approximate surface area is 117 Å². The van der Waals surface area contributed by atoms with Gasteiger partial charge in [-0.15, -0.1) is 11.8 Å². The number of nitrogens with zero attached hydrogens (tertiary/aromatic N) is 2. The van der Waals surface area contributed by atoms with Gasteiger partial charge < -0.3 is 9.64 Å². The minimum absolute atomic E-state index is 0.0740. The second-order valence-corrected chi connectivity index (χ2v) is 6.09. The number of amides is 1. The lowest BCUT2D eigenvalue weighted by molar-refractivity contribution is 0.0802. The number of hydrogen-bond acceptors (Lipinski definition) is 4. The summed E-state index contributed by atoms with van der Waals surface area (Å²) in [4.78, 5) is 18.3. The molecule has 1 saturated carbocycles. The standard InChI is InChI=1S/C14H18N2O2S/c17-14(16-7-8-19-10-16)11-5-6-13(15-9-11)18-12-3-1-2-4-12/h5-6,9,12H,1-4,7-8,10H2. The third-order valence-electron chi connectivity index (χ3n) is 3.61. The molecule has 4 nitrogen and oxygen atoms in total. The van der Waals surface area contributed by atoms with E-state index < -0.39 is 0 Å². The van der Waals surface area contributed by atoms with Crippen molar-refractivity contribution < 1.29 is 9.53 Å². The van der Waals surface area contributed by atoms with E-state index in [1.165, 1.54) is 12.8 Å². The van der Waals surface area contributed by atoms with E-state index in [2.05, 4.69) is 4.98 Å². The van der Waals surface area contributed by atoms with E-state index in [-0.39, 0.29) is 5.91 Å². The summed E-state index contributed by atoms with van der Waals surface area (Å²) in [5.41, 5.74) is 0.654. The number of rotatable bonds is 3. The summed E-state index contributed by atoms with van der Waals surface area (Å²) in [5, 5.41) is 0. The van der Waals surface area contributed by atoms with Crippen LogP contribution >= 0.6 is 11.8 Å². The van der Waals surface area contributed by atoms with Crippen LogP contribution in [0.3, 0.4) is 0 Å². The molecule has 0 N–H and O–H groups in total. The average molecular weight is 278 g/mol. The lowest BCUT2D eigenvalue weighted by Crippen LogP contribution is -2.27. The Bertz CT molecular complexity index is 437. The SMILES string of the molecule is O=C(c1ccc(OC2CCCC2)nc1)N1CCSC1. The number of carbonyl (C=O) groups is 1. The molecule has 0 bridgehead atoms. The van der Waals surface area contributed by atoms with Crippen molar-refractivity contribution in [3.05, 3.63) is 23.9 Å². The van der Waals surface area contributed by atoms with Crippen LogP contribution in [-0.2, 0) is 0 Å². The summed E-state index contributed by atoms with van der Waals surface area (Å²) < 4.78 is 5.80. The van der Waals surface area contributed by atoms with Gasteiger partial charge in [0.2, 0.25) is 5.88 Å². The second kappa shape index (κ2) is 5.82. The maximum absolute atomic E-state index is 12.1. The van der Waals surface area contributed by atoms with Crippen molar-refractivity contribution in [2.75, 3.05) is 18.2 Å². The van der Waals surface area contributed by atoms with Crippen LogP contribution in [-0.4, -0.2) is 40.1 Å². The first-order chi connectivity index (χ1) is 9.33. The van der Waals surface area contributed by atoms with Gasteiger partial charge in [0.25, 0.3) is 5.91 Å². The second-order valence-electron chi connectivity index (χ2n) is 5.02. The Balaban J connectivity index is 1.62. The molecule has 5 heteroatoms. The molecule has 0 radical (unpaired) electrons. The number of thioether (sulfide) groups is 1. The Hall–Kier alpha value is -1.23. The summed E-state index contributed by atoms with van der Waals surface area (Å²) in [6.07, 6.45) is 6.67. The lowest BCUT2D eigenvalue weighted by Gasteiger charge is -2.15. The van der Waals surface area contributed by atoms with Gasteiger partial charge in [-0.25, -0.2) is 4.98 Å². The van der Waals surface area contributed by atoms with Crippen LogP contribution in [0.5, 0.6) is 5.88 Å². The normalized spacial score (nSPS) is 19.9. The molecule has 102 valence electrons. The molecule has 0 aromatic carbocycles. The van der Waals surface area contributed by atoms with Gasteiger partial charge in [-0.05, 0) is 31.7 Å². The Kier molecular flexibility index (Phi) is 3.92. The number of aromatic nitrogens is 1. The van der Waals surface area contributed by atoms with Gasteiger partial charge in [-0.1, -0.05) is 0 Å². The van der Waals surface area contributed by atoms with Crippen LogP contribution < -0.4 is 4.74 Å². The molecule has 1 aromatic rings. The van der Waals surface area contributed by atoms with Gasteiger partial charge in [-0.3, -0.25) is 4.79 Å². The predicted molar refractivity (Wildman–Crippen MR) is 75.5 cm³/mol. The van der Waals surface area contributed by atoms with E-state index in [0.717, 1.165) is 31.0 Å². The van der Waals surface area contributed by atoms with Crippen molar-refractivity contribution in [1.29, 1.82) is 0 Å². The molecule has 1 aromatic heterocycles. The van der Waals surface area contributed by atoms with Crippen molar-refractivity contribution in [2.45, 2.75) is 31.8 Å². The van der Waals surface area contributed by atoms with Gasteiger partial charge >= 0.3 is 0 Å². The van der Waals surface area contributed by atoms with Crippen LogP contribution in [0.15, 0.2) is 18.3 Å². The van der Waals surface area contributed by atoms with Crippen molar-refractivity contribution in [1.82, 2.24) is 9.88 Å². The summed E-state index contributed by atoms with van der Waals surface area (Å²) >= 11 is 1.79. The predicted octanol–water partition coefficient (Wildman–Crippen LogP) is 2.55. The Morgan fingerprint density at radius 3 is 2.84 bits per heavy atom. The minimum atomic E-state index is 0.0740. The van der Waals surface area contributed by atoms with Crippen LogP contribution in [0.2, 0.25) is 0 Å². The molecule has 1 aliphatic carbocycles. The van der Waals surface area contributed by atoms with E-state index >= 15 is 0 Å². The molecule has 0 atom stereocenters. The molecule has 0 unspecified atom stereocenters. The number of pyridine rings is 1. The first kappa shape index (κ1) is 12.8. The van der Waals surface area contributed by atoms with Crippen molar-refractivity contribution in [2.24, 2.45) is 0 Å². The van der Waals surface area contributed by atoms with Crippen molar-refractivity contribution >= 4 is 17.7 Å². The minimum Gasteiger partial charge on any atom is -0.474 e. The topological polar surface area (TPSA) is 42.4 Å². The van der Waals surface area contributed by atoms with Crippen LogP contribution in [0, 0.1) is 0 Å². The molecule has 19 heavy (non-hydrogen) atoms. The van der Waals surface area contributed by atoms with Crippen molar-refractivity contribution in [3.8, 4) is 5.88 Å². The molecule has 2 heterocycles. The molecule has 3 rings (SSSR count). The highest BCUT2D eigenvalue weighted by molar-refractivity contribution is 7.99. The van der Waals surface area contributed by atoms with E-state index in [4.69, 9.17) is 4.74 Å². The van der Waals surface area contributed by atoms with Crippen LogP contribution in [0.25, 0.3) is 0 Å². The Morgan fingerprint density at radius 1 is 1.37 bits per heavy atom. The smallest absolute Gasteiger partial charge is 0.256 e. The van der Waals surface area contributed by atoms with Crippen molar-refractivity contribution in [3.63, 3.8) is 0 Å². The van der Waals surface area contributed by atoms with E-state index in [9.17, 15) is 4.79 Å². The largest absolute Gasteiger partial charge is 0.474 e. The van der Waals surface area contributed by atoms with E-state index in [1.807, 2.05) is 17.0 Å². The first-order valence-corrected chi connectivity index (χ1v) is 7.98. The zero-order chi connectivity index (χ0) is 13.1. The van der Waals surface area contributed by atoms with Gasteiger partial charge in [0, 0.05) is 24.6 Å². The summed E-state index contributed by atoms with van der Waals surface area (Å²) in [7, 11) is 0. The fraction of sp³-hybridized carbons (Fsp3) is 0.571. The third-order valence-corrected chi connectivity index (χ3v) is 4.58. The molecule has 2 fully saturated rings. The monoisotopic (exact) mass is 278 g/mol. The van der Waals surface area contributed by atoms with Gasteiger partial charge in [0.15, 0.2) is 0 Å². The molecule has 0 spiro atoms. The van der Waals surface area contributed by atoms with Gasteiger partial charge in [0.05, 0.1) is 11.4 Å². The van der Waals surface area contributed by atoms with Gasteiger partial charge in [0.1, 0.15) is 6.10 Å². The average Bonchev–Trinajstić information content (AvgIpc) is 3.12.